The number of para-hydroxylation sites is 1. The third-order valence-electron chi connectivity index (χ3n) is 4.28. The number of hydrogen-bond donors (Lipinski definition) is 0. The second-order valence-electron chi connectivity index (χ2n) is 6.22. The van der Waals surface area contributed by atoms with E-state index in [0.29, 0.717) is 19.5 Å². The van der Waals surface area contributed by atoms with Gasteiger partial charge >= 0.3 is 0 Å². The molecule has 0 unspecified atom stereocenters. The quantitative estimate of drug-likeness (QED) is 0.266. The summed E-state index contributed by atoms with van der Waals surface area (Å²) >= 11 is 8.39. The smallest absolute Gasteiger partial charge is 0.273 e. The molecule has 0 radical (unpaired) electrons. The minimum Gasteiger partial charge on any atom is -0.289 e. The molecule has 0 fully saturated rings. The van der Waals surface area contributed by atoms with Crippen LogP contribution in [-0.2, 0) is 12.8 Å². The second kappa shape index (κ2) is 7.42. The van der Waals surface area contributed by atoms with E-state index in [9.17, 15) is 4.79 Å². The molecule has 0 spiro atoms. The van der Waals surface area contributed by atoms with Gasteiger partial charge in [-0.15, -0.1) is 0 Å². The van der Waals surface area contributed by atoms with E-state index in [-0.39, 0.29) is 5.56 Å². The summed E-state index contributed by atoms with van der Waals surface area (Å²) in [7, 11) is 1.77. The van der Waals surface area contributed by atoms with Crippen molar-refractivity contribution in [2.75, 3.05) is 0 Å². The third-order valence-corrected chi connectivity index (χ3v) is 6.73. The normalized spacial score (nSPS) is 11.2. The molecule has 0 amide bonds. The van der Waals surface area contributed by atoms with Gasteiger partial charge < -0.3 is 0 Å². The number of thioether (sulfide) groups is 1. The Morgan fingerprint density at radius 3 is 2.52 bits per heavy atom. The lowest BCUT2D eigenvalue weighted by atomic mass is 10.2. The van der Waals surface area contributed by atoms with Crippen molar-refractivity contribution in [3.05, 3.63) is 80.0 Å². The van der Waals surface area contributed by atoms with Crippen molar-refractivity contribution in [1.82, 2.24) is 14.1 Å². The Labute approximate surface area is 170 Å². The van der Waals surface area contributed by atoms with Gasteiger partial charge in [-0.05, 0) is 36.8 Å². The highest BCUT2D eigenvalue weighted by Crippen LogP contribution is 2.26. The van der Waals surface area contributed by atoms with Gasteiger partial charge in [-0.2, -0.15) is 0 Å². The number of nitrogens with zero attached hydrogens (tertiary/aromatic N) is 3. The number of aromatic nitrogens is 3. The average Bonchev–Trinajstić information content (AvgIpc) is 3.01. The zero-order valence-corrected chi connectivity index (χ0v) is 17.3. The van der Waals surface area contributed by atoms with E-state index in [0.717, 1.165) is 11.4 Å². The van der Waals surface area contributed by atoms with Crippen molar-refractivity contribution in [3.63, 3.8) is 0 Å². The molecule has 0 bridgehead atoms. The summed E-state index contributed by atoms with van der Waals surface area (Å²) in [6, 6.07) is 18.2. The average molecular weight is 412 g/mol. The Balaban J connectivity index is 1.80. The molecule has 0 atom stereocenters. The fraction of sp³-hybridized carbons (Fsp3) is 0.150. The molecule has 0 aliphatic heterocycles. The summed E-state index contributed by atoms with van der Waals surface area (Å²) in [5, 5.41) is 0.686. The van der Waals surface area contributed by atoms with Crippen LogP contribution in [-0.4, -0.2) is 14.1 Å². The molecular formula is C20H17N3OS3. The lowest BCUT2D eigenvalue weighted by Gasteiger charge is -2.09. The lowest BCUT2D eigenvalue weighted by molar-refractivity contribution is 0.722. The number of benzene rings is 2. The number of aryl methyl sites for hydroxylation is 1. The SMILES string of the molecule is Cc1ccc(CSc2nc3c(sc(=S)n3-c3ccccc3)c(=O)n2C)cc1. The first-order chi connectivity index (χ1) is 13.0. The second-order valence-corrected chi connectivity index (χ2v) is 8.81. The fourth-order valence-corrected chi connectivity index (χ4v) is 5.05. The molecule has 4 aromatic rings. The molecule has 2 aromatic heterocycles. The maximum atomic E-state index is 12.9. The van der Waals surface area contributed by atoms with Crippen LogP contribution in [0.25, 0.3) is 16.0 Å². The minimum atomic E-state index is -0.0582. The molecule has 0 N–H and O–H groups in total. The maximum Gasteiger partial charge on any atom is 0.273 e. The largest absolute Gasteiger partial charge is 0.289 e. The van der Waals surface area contributed by atoms with Gasteiger partial charge in [0.1, 0.15) is 4.70 Å². The van der Waals surface area contributed by atoms with Crippen molar-refractivity contribution in [2.24, 2.45) is 7.05 Å². The molecule has 136 valence electrons. The molecule has 7 heteroatoms. The molecule has 0 aliphatic carbocycles. The maximum absolute atomic E-state index is 12.9. The van der Waals surface area contributed by atoms with Gasteiger partial charge in [-0.1, -0.05) is 71.1 Å². The first-order valence-electron chi connectivity index (χ1n) is 8.41. The highest BCUT2D eigenvalue weighted by molar-refractivity contribution is 7.98. The van der Waals surface area contributed by atoms with Crippen LogP contribution in [0.3, 0.4) is 0 Å². The molecule has 4 rings (SSSR count). The third kappa shape index (κ3) is 3.50. The van der Waals surface area contributed by atoms with Crippen LogP contribution in [0.2, 0.25) is 0 Å². The van der Waals surface area contributed by atoms with Crippen LogP contribution in [0, 0.1) is 10.9 Å². The van der Waals surface area contributed by atoms with Crippen molar-refractivity contribution < 1.29 is 0 Å². The van der Waals surface area contributed by atoms with Crippen LogP contribution >= 0.6 is 35.3 Å². The summed E-state index contributed by atoms with van der Waals surface area (Å²) < 4.78 is 4.71. The fourth-order valence-electron chi connectivity index (χ4n) is 2.78. The number of hydrogen-bond acceptors (Lipinski definition) is 5. The summed E-state index contributed by atoms with van der Waals surface area (Å²) in [4.78, 5) is 17.7. The van der Waals surface area contributed by atoms with Crippen LogP contribution in [0.4, 0.5) is 0 Å². The molecule has 0 aliphatic rings. The topological polar surface area (TPSA) is 39.8 Å². The highest BCUT2D eigenvalue weighted by atomic mass is 32.2. The van der Waals surface area contributed by atoms with E-state index in [1.54, 1.807) is 23.4 Å². The first kappa shape index (κ1) is 18.2. The van der Waals surface area contributed by atoms with Crippen LogP contribution in [0.15, 0.2) is 64.5 Å². The summed E-state index contributed by atoms with van der Waals surface area (Å²) in [6.45, 7) is 2.07. The molecule has 2 aromatic carbocycles. The molecule has 27 heavy (non-hydrogen) atoms. The zero-order valence-electron chi connectivity index (χ0n) is 14.9. The van der Waals surface area contributed by atoms with Gasteiger partial charge in [0.25, 0.3) is 5.56 Å². The Morgan fingerprint density at radius 1 is 1.11 bits per heavy atom. The summed E-state index contributed by atoms with van der Waals surface area (Å²) in [5.74, 6) is 0.752. The Hall–Kier alpha value is -2.22. The van der Waals surface area contributed by atoms with Crippen LogP contribution < -0.4 is 5.56 Å². The minimum absolute atomic E-state index is 0.0582. The van der Waals surface area contributed by atoms with Crippen molar-refractivity contribution >= 4 is 45.7 Å². The Bertz CT molecular complexity index is 1220. The van der Waals surface area contributed by atoms with Gasteiger partial charge in [0, 0.05) is 18.5 Å². The lowest BCUT2D eigenvalue weighted by Crippen LogP contribution is -2.19. The zero-order chi connectivity index (χ0) is 19.0. The monoisotopic (exact) mass is 411 g/mol. The Morgan fingerprint density at radius 2 is 1.81 bits per heavy atom. The highest BCUT2D eigenvalue weighted by Gasteiger charge is 2.16. The standard InChI is InChI=1S/C20H17N3OS3/c1-13-8-10-14(11-9-13)12-26-19-21-17-16(18(24)22(19)2)27-20(25)23(17)15-6-4-3-5-7-15/h3-11H,12H2,1-2H3. The molecular weight excluding hydrogens is 394 g/mol. The van der Waals surface area contributed by atoms with E-state index in [4.69, 9.17) is 17.2 Å². The molecule has 0 saturated carbocycles. The van der Waals surface area contributed by atoms with E-state index in [2.05, 4.69) is 31.2 Å². The van der Waals surface area contributed by atoms with E-state index < -0.39 is 0 Å². The van der Waals surface area contributed by atoms with Gasteiger partial charge in [0.2, 0.25) is 0 Å². The van der Waals surface area contributed by atoms with Gasteiger partial charge in [0.05, 0.1) is 0 Å². The van der Waals surface area contributed by atoms with Gasteiger partial charge in [-0.25, -0.2) is 4.98 Å². The van der Waals surface area contributed by atoms with Crippen molar-refractivity contribution in [1.29, 1.82) is 0 Å². The van der Waals surface area contributed by atoms with E-state index in [1.165, 1.54) is 22.5 Å². The Kier molecular flexibility index (Phi) is 4.99. The predicted octanol–water partition coefficient (Wildman–Crippen LogP) is 5.12. The van der Waals surface area contributed by atoms with E-state index in [1.807, 2.05) is 34.9 Å². The molecule has 0 saturated heterocycles. The first-order valence-corrected chi connectivity index (χ1v) is 10.6. The number of thiazole rings is 1. The number of fused-ring (bicyclic) bond motifs is 1. The van der Waals surface area contributed by atoms with E-state index >= 15 is 0 Å². The van der Waals surface area contributed by atoms with Crippen LogP contribution in [0.1, 0.15) is 11.1 Å². The van der Waals surface area contributed by atoms with Gasteiger partial charge in [-0.3, -0.25) is 13.9 Å². The van der Waals surface area contributed by atoms with Crippen molar-refractivity contribution in [3.8, 4) is 5.69 Å². The predicted molar refractivity (Wildman–Crippen MR) is 116 cm³/mol. The summed E-state index contributed by atoms with van der Waals surface area (Å²) in [5.41, 5.74) is 3.92. The van der Waals surface area contributed by atoms with Gasteiger partial charge in [0.15, 0.2) is 14.8 Å². The van der Waals surface area contributed by atoms with Crippen molar-refractivity contribution in [2.45, 2.75) is 17.8 Å². The molecule has 2 heterocycles. The van der Waals surface area contributed by atoms with Crippen LogP contribution in [0.5, 0.6) is 0 Å². The summed E-state index contributed by atoms with van der Waals surface area (Å²) in [6.07, 6.45) is 0. The molecule has 4 nitrogen and oxygen atoms in total. The number of rotatable bonds is 4.